The number of carbonyl (C=O) groups excluding carboxylic acids is 1. The number of para-hydroxylation sites is 1. The Morgan fingerprint density at radius 3 is 2.40 bits per heavy atom. The zero-order valence-corrected chi connectivity index (χ0v) is 16.2. The minimum atomic E-state index is -0.518. The number of nitrogens with one attached hydrogen (secondary N) is 1. The summed E-state index contributed by atoms with van der Waals surface area (Å²) in [6.07, 6.45) is 0. The molecule has 1 heterocycles. The molecule has 4 aromatic rings. The predicted molar refractivity (Wildman–Crippen MR) is 116 cm³/mol. The van der Waals surface area contributed by atoms with Gasteiger partial charge in [-0.15, -0.1) is 0 Å². The Morgan fingerprint density at radius 1 is 0.967 bits per heavy atom. The zero-order valence-electron chi connectivity index (χ0n) is 16.2. The molecule has 0 bridgehead atoms. The van der Waals surface area contributed by atoms with Crippen molar-refractivity contribution < 1.29 is 14.1 Å². The molecule has 1 amide bonds. The van der Waals surface area contributed by atoms with Crippen molar-refractivity contribution in [2.75, 3.05) is 5.32 Å². The molecule has 1 aromatic heterocycles. The van der Waals surface area contributed by atoms with Crippen molar-refractivity contribution in [3.63, 3.8) is 0 Å². The molecule has 0 spiro atoms. The summed E-state index contributed by atoms with van der Waals surface area (Å²) in [7, 11) is 0. The number of fused-ring (bicyclic) bond motifs is 1. The van der Waals surface area contributed by atoms with Gasteiger partial charge in [0.05, 0.1) is 11.1 Å². The Balaban J connectivity index is 1.48. The normalized spacial score (nSPS) is 10.6. The lowest BCUT2D eigenvalue weighted by Crippen LogP contribution is -2.13. The van der Waals surface area contributed by atoms with Crippen molar-refractivity contribution >= 4 is 27.9 Å². The number of hydrogen-bond acceptors (Lipinski definition) is 5. The maximum Gasteiger partial charge on any atom is 0.366 e. The van der Waals surface area contributed by atoms with Crippen LogP contribution in [0.3, 0.4) is 0 Å². The third-order valence-corrected chi connectivity index (χ3v) is 4.61. The molecule has 148 valence electrons. The molecule has 0 saturated carbocycles. The van der Waals surface area contributed by atoms with Crippen LogP contribution in [-0.2, 0) is 4.79 Å². The van der Waals surface area contributed by atoms with Crippen molar-refractivity contribution in [1.82, 2.24) is 5.16 Å². The predicted octanol–water partition coefficient (Wildman–Crippen LogP) is 4.94. The third-order valence-electron chi connectivity index (χ3n) is 4.61. The maximum atomic E-state index is 12.6. The quantitative estimate of drug-likeness (QED) is 0.482. The number of hydrogen-bond donors (Lipinski definition) is 1. The Hall–Kier alpha value is -4.19. The molecule has 0 fully saturated rings. The highest BCUT2D eigenvalue weighted by Crippen LogP contribution is 2.24. The molecular formula is C24H18N2O4. The summed E-state index contributed by atoms with van der Waals surface area (Å²) < 4.78 is 10.5. The molecule has 0 atom stereocenters. The average molecular weight is 398 g/mol. The van der Waals surface area contributed by atoms with Crippen LogP contribution in [0.25, 0.3) is 16.3 Å². The van der Waals surface area contributed by atoms with Crippen molar-refractivity contribution in [1.29, 1.82) is 0 Å². The molecule has 6 nitrogen and oxygen atoms in total. The summed E-state index contributed by atoms with van der Waals surface area (Å²) in [6.45, 7) is 5.63. The van der Waals surface area contributed by atoms with Crippen molar-refractivity contribution in [3.8, 4) is 11.5 Å². The van der Waals surface area contributed by atoms with E-state index in [2.05, 4.69) is 17.1 Å². The van der Waals surface area contributed by atoms with Crippen molar-refractivity contribution in [3.05, 3.63) is 101 Å². The van der Waals surface area contributed by atoms with E-state index < -0.39 is 5.63 Å². The maximum absolute atomic E-state index is 12.6. The van der Waals surface area contributed by atoms with Crippen LogP contribution in [0.5, 0.6) is 11.5 Å². The molecule has 30 heavy (non-hydrogen) atoms. The molecule has 0 aliphatic heterocycles. The summed E-state index contributed by atoms with van der Waals surface area (Å²) in [6, 6.07) is 21.5. The second-order valence-electron chi connectivity index (χ2n) is 6.69. The van der Waals surface area contributed by atoms with Gasteiger partial charge in [0.1, 0.15) is 11.5 Å². The fourth-order valence-electron chi connectivity index (χ4n) is 2.99. The first-order valence-corrected chi connectivity index (χ1v) is 9.25. The summed E-state index contributed by atoms with van der Waals surface area (Å²) >= 11 is 0. The summed E-state index contributed by atoms with van der Waals surface area (Å²) in [4.78, 5) is 24.4. The van der Waals surface area contributed by atoms with Gasteiger partial charge < -0.3 is 14.6 Å². The van der Waals surface area contributed by atoms with Crippen LogP contribution >= 0.6 is 0 Å². The molecule has 4 rings (SSSR count). The lowest BCUT2D eigenvalue weighted by molar-refractivity contribution is -0.111. The first-order chi connectivity index (χ1) is 14.5. The van der Waals surface area contributed by atoms with E-state index in [1.54, 1.807) is 49.4 Å². The highest BCUT2D eigenvalue weighted by atomic mass is 16.5. The van der Waals surface area contributed by atoms with E-state index in [1.165, 1.54) is 0 Å². The summed E-state index contributed by atoms with van der Waals surface area (Å²) in [5.74, 6) is 1.05. The average Bonchev–Trinajstić information content (AvgIpc) is 2.77. The van der Waals surface area contributed by atoms with E-state index in [1.807, 2.05) is 30.3 Å². The fourth-order valence-corrected chi connectivity index (χ4v) is 2.99. The van der Waals surface area contributed by atoms with E-state index >= 15 is 0 Å². The monoisotopic (exact) mass is 398 g/mol. The molecule has 0 saturated heterocycles. The molecule has 0 radical (unpaired) electrons. The van der Waals surface area contributed by atoms with Crippen LogP contribution in [0, 0.1) is 6.92 Å². The van der Waals surface area contributed by atoms with E-state index in [-0.39, 0.29) is 5.91 Å². The van der Waals surface area contributed by atoms with Crippen LogP contribution in [0.4, 0.5) is 5.69 Å². The molecular weight excluding hydrogens is 380 g/mol. The van der Waals surface area contributed by atoms with Gasteiger partial charge in [0.2, 0.25) is 0 Å². The largest absolute Gasteiger partial charge is 0.457 e. The Labute approximate surface area is 172 Å². The number of aromatic nitrogens is 1. The Kier molecular flexibility index (Phi) is 5.13. The number of benzene rings is 3. The lowest BCUT2D eigenvalue weighted by atomic mass is 10.1. The van der Waals surface area contributed by atoms with Gasteiger partial charge in [-0.3, -0.25) is 4.79 Å². The van der Waals surface area contributed by atoms with Gasteiger partial charge in [0.15, 0.2) is 0 Å². The topological polar surface area (TPSA) is 81.4 Å². The van der Waals surface area contributed by atoms with Crippen LogP contribution in [0.2, 0.25) is 0 Å². The molecule has 1 N–H and O–H groups in total. The van der Waals surface area contributed by atoms with E-state index in [0.717, 1.165) is 5.75 Å². The minimum absolute atomic E-state index is 0.309. The van der Waals surface area contributed by atoms with E-state index in [4.69, 9.17) is 9.26 Å². The first-order valence-electron chi connectivity index (χ1n) is 9.25. The first kappa shape index (κ1) is 19.1. The third kappa shape index (κ3) is 3.98. The number of nitrogens with zero attached hydrogens (tertiary/aromatic N) is 1. The zero-order chi connectivity index (χ0) is 21.1. The second-order valence-corrected chi connectivity index (χ2v) is 6.69. The van der Waals surface area contributed by atoms with Crippen LogP contribution in [0.1, 0.15) is 11.3 Å². The van der Waals surface area contributed by atoms with Gasteiger partial charge in [-0.25, -0.2) is 4.79 Å². The molecule has 0 unspecified atom stereocenters. The van der Waals surface area contributed by atoms with E-state index in [9.17, 15) is 9.59 Å². The van der Waals surface area contributed by atoms with Gasteiger partial charge in [-0.2, -0.15) is 0 Å². The fraction of sp³-hybridized carbons (Fsp3) is 0.0417. The van der Waals surface area contributed by atoms with E-state index in [0.29, 0.717) is 39.0 Å². The highest BCUT2D eigenvalue weighted by molar-refractivity contribution is 6.24. The number of ether oxygens (including phenoxy) is 1. The smallest absolute Gasteiger partial charge is 0.366 e. The van der Waals surface area contributed by atoms with Crippen LogP contribution < -0.4 is 15.7 Å². The number of anilines is 1. The van der Waals surface area contributed by atoms with Crippen molar-refractivity contribution in [2.45, 2.75) is 6.92 Å². The number of rotatable bonds is 5. The number of aryl methyl sites for hydroxylation is 1. The van der Waals surface area contributed by atoms with Gasteiger partial charge in [-0.1, -0.05) is 42.1 Å². The van der Waals surface area contributed by atoms with Crippen LogP contribution in [-0.4, -0.2) is 11.1 Å². The Bertz CT molecular complexity index is 1290. The number of carbonyl (C=O) groups is 1. The van der Waals surface area contributed by atoms with Crippen LogP contribution in [0.15, 0.2) is 88.7 Å². The molecule has 0 aliphatic carbocycles. The Morgan fingerprint density at radius 2 is 1.67 bits per heavy atom. The van der Waals surface area contributed by atoms with Gasteiger partial charge in [0.25, 0.3) is 5.91 Å². The van der Waals surface area contributed by atoms with Gasteiger partial charge in [-0.05, 0) is 55.0 Å². The van der Waals surface area contributed by atoms with Gasteiger partial charge >= 0.3 is 5.63 Å². The summed E-state index contributed by atoms with van der Waals surface area (Å²) in [5, 5.41) is 7.55. The molecule has 6 heteroatoms. The second kappa shape index (κ2) is 8.05. The SMILES string of the molecule is C=C(C(=O)Nc1ccc2c(=O)onc(C)c2c1)c1ccc(Oc2ccccc2)cc1. The van der Waals surface area contributed by atoms with Gasteiger partial charge in [0, 0.05) is 16.6 Å². The summed E-state index contributed by atoms with van der Waals surface area (Å²) in [5.41, 5.74) is 1.56. The molecule has 0 aliphatic rings. The minimum Gasteiger partial charge on any atom is -0.457 e. The molecule has 3 aromatic carbocycles. The number of amides is 1. The van der Waals surface area contributed by atoms with Crippen molar-refractivity contribution in [2.24, 2.45) is 0 Å². The lowest BCUT2D eigenvalue weighted by Gasteiger charge is -2.10. The standard InChI is InChI=1S/C24H18N2O4/c1-15(17-8-11-20(12-9-17)29-19-6-4-3-5-7-19)23(27)25-18-10-13-21-22(14-18)16(2)26-30-24(21)28/h3-14H,1H2,2H3,(H,25,27). The highest BCUT2D eigenvalue weighted by Gasteiger charge is 2.12.